The van der Waals surface area contributed by atoms with E-state index in [0.29, 0.717) is 28.7 Å². The molecule has 3 aromatic rings. The molecule has 3 rings (SSSR count). The molecule has 1 aromatic heterocycles. The lowest BCUT2D eigenvalue weighted by Gasteiger charge is -2.22. The summed E-state index contributed by atoms with van der Waals surface area (Å²) in [4.78, 5) is 27.0. The quantitative estimate of drug-likeness (QED) is 0.710. The fraction of sp³-hybridized carbons (Fsp3) is 0.200. The number of nitrogens with zero attached hydrogens (tertiary/aromatic N) is 2. The number of aliphatic hydroxyl groups excluding tert-OH is 1. The van der Waals surface area contributed by atoms with Gasteiger partial charge in [-0.2, -0.15) is 0 Å². The number of hydrogen-bond acceptors (Lipinski definition) is 4. The summed E-state index contributed by atoms with van der Waals surface area (Å²) in [5.41, 5.74) is 0.847. The van der Waals surface area contributed by atoms with Crippen LogP contribution in [0.25, 0.3) is 16.5 Å². The molecule has 0 unspecified atom stereocenters. The molecule has 134 valence electrons. The van der Waals surface area contributed by atoms with Gasteiger partial charge < -0.3 is 10.2 Å². The van der Waals surface area contributed by atoms with E-state index in [1.54, 1.807) is 60.5 Å². The lowest BCUT2D eigenvalue weighted by atomic mass is 10.0. The largest absolute Gasteiger partial charge is 0.478 e. The van der Waals surface area contributed by atoms with Gasteiger partial charge in [0, 0.05) is 29.5 Å². The third kappa shape index (κ3) is 3.24. The van der Waals surface area contributed by atoms with Crippen molar-refractivity contribution in [2.75, 3.05) is 20.2 Å². The number of carboxylic acids is 1. The van der Waals surface area contributed by atoms with Gasteiger partial charge in [0.25, 0.3) is 5.56 Å². The third-order valence-electron chi connectivity index (χ3n) is 4.32. The van der Waals surface area contributed by atoms with Gasteiger partial charge in [0.1, 0.15) is 0 Å². The number of para-hydroxylation sites is 1. The number of pyridine rings is 1. The molecule has 2 N–H and O–H groups in total. The van der Waals surface area contributed by atoms with Crippen molar-refractivity contribution in [3.63, 3.8) is 0 Å². The van der Waals surface area contributed by atoms with Crippen LogP contribution >= 0.6 is 0 Å². The summed E-state index contributed by atoms with van der Waals surface area (Å²) in [6.45, 7) is 0.536. The van der Waals surface area contributed by atoms with Crippen molar-refractivity contribution < 1.29 is 15.0 Å². The molecule has 0 fully saturated rings. The minimum atomic E-state index is -1.08. The van der Waals surface area contributed by atoms with Gasteiger partial charge in [-0.1, -0.05) is 36.4 Å². The normalized spacial score (nSPS) is 11.2. The van der Waals surface area contributed by atoms with Crippen LogP contribution in [0.2, 0.25) is 0 Å². The van der Waals surface area contributed by atoms with E-state index in [1.165, 1.54) is 4.57 Å². The molecule has 2 aromatic carbocycles. The molecular formula is C20H20N2O4. The van der Waals surface area contributed by atoms with Crippen molar-refractivity contribution in [1.82, 2.24) is 9.47 Å². The molecule has 0 saturated heterocycles. The number of carboxylic acid groups (broad SMARTS) is 1. The Balaban J connectivity index is 2.40. The van der Waals surface area contributed by atoms with Gasteiger partial charge in [-0.3, -0.25) is 14.3 Å². The summed E-state index contributed by atoms with van der Waals surface area (Å²) in [6, 6.07) is 15.7. The Morgan fingerprint density at radius 2 is 1.65 bits per heavy atom. The second kappa shape index (κ2) is 7.51. The summed E-state index contributed by atoms with van der Waals surface area (Å²) in [7, 11) is 1.77. The number of carbonyl (C=O) groups is 1. The lowest BCUT2D eigenvalue weighted by molar-refractivity contribution is 0.0695. The average molecular weight is 352 g/mol. The minimum absolute atomic E-state index is 0.0535. The number of fused-ring (bicyclic) bond motifs is 1. The molecule has 0 aliphatic carbocycles. The fourth-order valence-electron chi connectivity index (χ4n) is 3.14. The Morgan fingerprint density at radius 3 is 2.27 bits per heavy atom. The molecule has 0 aliphatic heterocycles. The highest BCUT2D eigenvalue weighted by Crippen LogP contribution is 2.23. The topological polar surface area (TPSA) is 82.8 Å². The number of hydrogen-bond donors (Lipinski definition) is 2. The van der Waals surface area contributed by atoms with Crippen molar-refractivity contribution in [2.24, 2.45) is 0 Å². The van der Waals surface area contributed by atoms with Crippen LogP contribution in [0, 0.1) is 0 Å². The Hall–Kier alpha value is -2.96. The van der Waals surface area contributed by atoms with Gasteiger partial charge in [-0.15, -0.1) is 0 Å². The van der Waals surface area contributed by atoms with Crippen LogP contribution in [0.4, 0.5) is 0 Å². The SMILES string of the molecule is CN(CCO)Cc1c(C(=O)O)c2ccccc2c(=O)n1-c1ccccc1. The number of aromatic nitrogens is 1. The molecule has 6 nitrogen and oxygen atoms in total. The summed E-state index contributed by atoms with van der Waals surface area (Å²) in [5.74, 6) is -1.08. The standard InChI is InChI=1S/C20H20N2O4/c1-21(11-12-23)13-17-18(20(25)26)15-9-5-6-10-16(15)19(24)22(17)14-7-3-2-4-8-14/h2-10,23H,11-13H2,1H3,(H,25,26). The summed E-state index contributed by atoms with van der Waals surface area (Å²) in [5, 5.41) is 19.8. The molecule has 0 atom stereocenters. The number of rotatable bonds is 6. The third-order valence-corrected chi connectivity index (χ3v) is 4.32. The van der Waals surface area contributed by atoms with E-state index in [2.05, 4.69) is 0 Å². The van der Waals surface area contributed by atoms with E-state index in [-0.39, 0.29) is 24.3 Å². The van der Waals surface area contributed by atoms with Crippen LogP contribution < -0.4 is 5.56 Å². The van der Waals surface area contributed by atoms with Crippen LogP contribution in [0.3, 0.4) is 0 Å². The first kappa shape index (κ1) is 17.8. The van der Waals surface area contributed by atoms with Crippen molar-refractivity contribution >= 4 is 16.7 Å². The highest BCUT2D eigenvalue weighted by molar-refractivity contribution is 6.04. The monoisotopic (exact) mass is 352 g/mol. The molecule has 0 saturated carbocycles. The first-order chi connectivity index (χ1) is 12.5. The Kier molecular flexibility index (Phi) is 5.16. The van der Waals surface area contributed by atoms with E-state index in [1.807, 2.05) is 6.07 Å². The van der Waals surface area contributed by atoms with Crippen LogP contribution in [0.1, 0.15) is 16.1 Å². The minimum Gasteiger partial charge on any atom is -0.478 e. The Labute approximate surface area is 150 Å². The fourth-order valence-corrected chi connectivity index (χ4v) is 3.14. The summed E-state index contributed by atoms with van der Waals surface area (Å²) < 4.78 is 1.46. The predicted molar refractivity (Wildman–Crippen MR) is 99.9 cm³/mol. The molecule has 0 amide bonds. The Bertz CT molecular complexity index is 996. The maximum absolute atomic E-state index is 13.2. The van der Waals surface area contributed by atoms with Gasteiger partial charge in [0.2, 0.25) is 0 Å². The molecule has 0 radical (unpaired) electrons. The zero-order chi connectivity index (χ0) is 18.7. The number of benzene rings is 2. The highest BCUT2D eigenvalue weighted by atomic mass is 16.4. The van der Waals surface area contributed by atoms with Crippen LogP contribution in [-0.2, 0) is 6.54 Å². The second-order valence-electron chi connectivity index (χ2n) is 6.11. The van der Waals surface area contributed by atoms with Gasteiger partial charge in [-0.25, -0.2) is 4.79 Å². The van der Waals surface area contributed by atoms with E-state index in [4.69, 9.17) is 0 Å². The van der Waals surface area contributed by atoms with Gasteiger partial charge in [0.05, 0.1) is 17.9 Å². The Morgan fingerprint density at radius 1 is 1.04 bits per heavy atom. The molecule has 0 bridgehead atoms. The van der Waals surface area contributed by atoms with E-state index < -0.39 is 5.97 Å². The lowest BCUT2D eigenvalue weighted by Crippen LogP contribution is -2.31. The van der Waals surface area contributed by atoms with Crippen LogP contribution in [-0.4, -0.2) is 45.8 Å². The van der Waals surface area contributed by atoms with Crippen molar-refractivity contribution in [1.29, 1.82) is 0 Å². The number of likely N-dealkylation sites (N-methyl/N-ethyl adjacent to an activating group) is 1. The molecule has 26 heavy (non-hydrogen) atoms. The first-order valence-corrected chi connectivity index (χ1v) is 8.29. The van der Waals surface area contributed by atoms with Crippen molar-refractivity contribution in [2.45, 2.75) is 6.54 Å². The molecule has 0 spiro atoms. The molecule has 1 heterocycles. The highest BCUT2D eigenvalue weighted by Gasteiger charge is 2.22. The van der Waals surface area contributed by atoms with E-state index in [0.717, 1.165) is 0 Å². The van der Waals surface area contributed by atoms with Crippen LogP contribution in [0.15, 0.2) is 59.4 Å². The predicted octanol–water partition coefficient (Wildman–Crippen LogP) is 2.11. The smallest absolute Gasteiger partial charge is 0.338 e. The number of aliphatic hydroxyl groups is 1. The summed E-state index contributed by atoms with van der Waals surface area (Å²) in [6.07, 6.45) is 0. The van der Waals surface area contributed by atoms with E-state index >= 15 is 0 Å². The molecule has 0 aliphatic rings. The second-order valence-corrected chi connectivity index (χ2v) is 6.11. The van der Waals surface area contributed by atoms with E-state index in [9.17, 15) is 19.8 Å². The van der Waals surface area contributed by atoms with Gasteiger partial charge in [-0.05, 0) is 25.2 Å². The maximum Gasteiger partial charge on any atom is 0.338 e. The number of aromatic carboxylic acids is 1. The van der Waals surface area contributed by atoms with Crippen molar-refractivity contribution in [3.8, 4) is 5.69 Å². The van der Waals surface area contributed by atoms with Crippen LogP contribution in [0.5, 0.6) is 0 Å². The maximum atomic E-state index is 13.2. The molecular weight excluding hydrogens is 332 g/mol. The first-order valence-electron chi connectivity index (χ1n) is 8.29. The molecule has 6 heteroatoms. The zero-order valence-electron chi connectivity index (χ0n) is 14.4. The van der Waals surface area contributed by atoms with Crippen molar-refractivity contribution in [3.05, 3.63) is 76.2 Å². The van der Waals surface area contributed by atoms with Gasteiger partial charge >= 0.3 is 5.97 Å². The zero-order valence-corrected chi connectivity index (χ0v) is 14.4. The average Bonchev–Trinajstić information content (AvgIpc) is 2.63. The summed E-state index contributed by atoms with van der Waals surface area (Å²) >= 11 is 0. The van der Waals surface area contributed by atoms with Gasteiger partial charge in [0.15, 0.2) is 0 Å².